The van der Waals surface area contributed by atoms with E-state index in [4.69, 9.17) is 13.6 Å². The first-order valence-electron chi connectivity index (χ1n) is 6.39. The second kappa shape index (κ2) is 11.2. The van der Waals surface area contributed by atoms with Crippen LogP contribution in [0.1, 0.15) is 34.6 Å². The second-order valence-electron chi connectivity index (χ2n) is 3.51. The summed E-state index contributed by atoms with van der Waals surface area (Å²) in [5, 5.41) is 0. The molecule has 1 unspecified atom stereocenters. The lowest BCUT2D eigenvalue weighted by atomic mass is 10.9. The molecule has 5 nitrogen and oxygen atoms in total. The lowest BCUT2D eigenvalue weighted by molar-refractivity contribution is 0.221. The Morgan fingerprint density at radius 1 is 0.722 bits per heavy atom. The summed E-state index contributed by atoms with van der Waals surface area (Å²) in [5.74, 6) is 0. The molecule has 0 aromatic carbocycles. The van der Waals surface area contributed by atoms with Gasteiger partial charge in [0.05, 0.1) is 19.8 Å². The molecular weight excluding hydrogens is 274 g/mol. The van der Waals surface area contributed by atoms with Crippen molar-refractivity contribution >= 4 is 15.0 Å². The summed E-state index contributed by atoms with van der Waals surface area (Å²) in [6.07, 6.45) is 1.09. The van der Waals surface area contributed by atoms with Gasteiger partial charge in [0.1, 0.15) is 0 Å². The highest BCUT2D eigenvalue weighted by Crippen LogP contribution is 2.47. The molecule has 0 fully saturated rings. The van der Waals surface area contributed by atoms with Crippen LogP contribution >= 0.6 is 15.0 Å². The summed E-state index contributed by atoms with van der Waals surface area (Å²) in [6, 6.07) is 0. The number of rotatable bonds is 8. The zero-order valence-corrected chi connectivity index (χ0v) is 14.3. The van der Waals surface area contributed by atoms with Gasteiger partial charge in [-0.25, -0.2) is 0 Å². The minimum Gasteiger partial charge on any atom is -0.329 e. The van der Waals surface area contributed by atoms with Crippen molar-refractivity contribution in [2.45, 2.75) is 34.6 Å². The Balaban J connectivity index is 0. The summed E-state index contributed by atoms with van der Waals surface area (Å²) < 4.78 is 37.1. The van der Waals surface area contributed by atoms with E-state index in [9.17, 15) is 9.13 Å². The normalized spacial score (nSPS) is 14.6. The third kappa shape index (κ3) is 11.4. The van der Waals surface area contributed by atoms with Gasteiger partial charge in [-0.15, -0.1) is 0 Å². The summed E-state index contributed by atoms with van der Waals surface area (Å²) in [5.41, 5.74) is 0. The largest absolute Gasteiger partial charge is 0.330 e. The van der Waals surface area contributed by atoms with Gasteiger partial charge < -0.3 is 13.6 Å². The summed E-state index contributed by atoms with van der Waals surface area (Å²) in [4.78, 5) is 0. The second-order valence-corrected chi connectivity index (χ2v) is 8.80. The Labute approximate surface area is 112 Å². The van der Waals surface area contributed by atoms with E-state index < -0.39 is 15.0 Å². The van der Waals surface area contributed by atoms with Gasteiger partial charge in [0.2, 0.25) is 0 Å². The predicted molar refractivity (Wildman–Crippen MR) is 77.1 cm³/mol. The van der Waals surface area contributed by atoms with Crippen LogP contribution in [0.4, 0.5) is 0 Å². The third-order valence-electron chi connectivity index (χ3n) is 2.02. The van der Waals surface area contributed by atoms with E-state index in [2.05, 4.69) is 0 Å². The topological polar surface area (TPSA) is 61.8 Å². The fourth-order valence-electron chi connectivity index (χ4n) is 0.978. The molecule has 0 bridgehead atoms. The lowest BCUT2D eigenvalue weighted by Gasteiger charge is -2.13. The van der Waals surface area contributed by atoms with Crippen molar-refractivity contribution in [3.8, 4) is 0 Å². The Morgan fingerprint density at radius 3 is 1.28 bits per heavy atom. The Kier molecular flexibility index (Phi) is 12.8. The van der Waals surface area contributed by atoms with E-state index in [-0.39, 0.29) is 0 Å². The molecule has 0 saturated carbocycles. The maximum absolute atomic E-state index is 11.3. The van der Waals surface area contributed by atoms with Gasteiger partial charge in [-0.3, -0.25) is 9.13 Å². The molecule has 0 aromatic heterocycles. The first-order chi connectivity index (χ1) is 8.30. The summed E-state index contributed by atoms with van der Waals surface area (Å²) in [6.45, 7) is 12.3. The summed E-state index contributed by atoms with van der Waals surface area (Å²) in [7, 11) is -4.87. The molecule has 7 heteroatoms. The van der Waals surface area contributed by atoms with Crippen LogP contribution in [-0.4, -0.2) is 38.8 Å². The molecule has 0 rings (SSSR count). The molecule has 0 aromatic rings. The lowest BCUT2D eigenvalue weighted by Crippen LogP contribution is -1.97. The van der Waals surface area contributed by atoms with Crippen LogP contribution < -0.4 is 0 Å². The van der Waals surface area contributed by atoms with Gasteiger partial charge in [0, 0.05) is 19.0 Å². The third-order valence-corrected chi connectivity index (χ3v) is 6.05. The highest BCUT2D eigenvalue weighted by atomic mass is 31.2. The van der Waals surface area contributed by atoms with Crippen LogP contribution in [-0.2, 0) is 22.7 Å². The molecule has 0 spiro atoms. The van der Waals surface area contributed by atoms with Crippen LogP contribution in [0.5, 0.6) is 0 Å². The van der Waals surface area contributed by atoms with Crippen molar-refractivity contribution in [1.29, 1.82) is 0 Å². The van der Waals surface area contributed by atoms with E-state index in [0.29, 0.717) is 32.1 Å². The van der Waals surface area contributed by atoms with Gasteiger partial charge in [0.25, 0.3) is 0 Å². The van der Waals surface area contributed by atoms with Crippen molar-refractivity contribution in [3.63, 3.8) is 0 Å². The van der Waals surface area contributed by atoms with E-state index >= 15 is 0 Å². The number of hydrogen-bond acceptors (Lipinski definition) is 5. The average Bonchev–Trinajstić information content (AvgIpc) is 2.30. The van der Waals surface area contributed by atoms with Crippen molar-refractivity contribution in [1.82, 2.24) is 0 Å². The zero-order valence-electron chi connectivity index (χ0n) is 12.5. The van der Waals surface area contributed by atoms with Crippen molar-refractivity contribution in [2.75, 3.05) is 38.8 Å². The van der Waals surface area contributed by atoms with E-state index in [1.54, 1.807) is 27.4 Å². The molecule has 0 saturated heterocycles. The molecule has 0 heterocycles. The molecule has 0 radical (unpaired) electrons. The fraction of sp³-hybridized carbons (Fsp3) is 1.00. The standard InChI is InChI=1S/C6H15O3P.C5H13O2P/c1-4-8-10(7,6-3)9-5-2;1-4-7-8(3,6)5-2/h4-6H2,1-3H3;4-5H2,1-3H3. The van der Waals surface area contributed by atoms with Crippen LogP contribution in [0.25, 0.3) is 0 Å². The highest BCUT2D eigenvalue weighted by Gasteiger charge is 2.19. The fourth-order valence-corrected chi connectivity index (χ4v) is 2.93. The Morgan fingerprint density at radius 2 is 1.11 bits per heavy atom. The van der Waals surface area contributed by atoms with Crippen LogP contribution in [0.2, 0.25) is 0 Å². The zero-order chi connectivity index (χ0) is 14.7. The molecule has 0 amide bonds. The van der Waals surface area contributed by atoms with Crippen LogP contribution in [0.3, 0.4) is 0 Å². The quantitative estimate of drug-likeness (QED) is 0.628. The first-order valence-corrected chi connectivity index (χ1v) is 10.4. The maximum atomic E-state index is 11.3. The molecule has 0 aliphatic carbocycles. The number of hydrogen-bond donors (Lipinski definition) is 0. The van der Waals surface area contributed by atoms with Gasteiger partial charge in [-0.05, 0) is 20.8 Å². The molecular formula is C11H28O5P2. The van der Waals surface area contributed by atoms with E-state index in [1.807, 2.05) is 13.8 Å². The molecule has 1 atom stereocenters. The van der Waals surface area contributed by atoms with Crippen molar-refractivity contribution < 1.29 is 22.7 Å². The molecule has 0 aliphatic rings. The SMILES string of the molecule is CCOP(=O)(CC)OCC.CCOP(C)(=O)CC. The molecule has 0 aliphatic heterocycles. The minimum atomic E-state index is -2.70. The highest BCUT2D eigenvalue weighted by molar-refractivity contribution is 7.58. The molecule has 112 valence electrons. The average molecular weight is 302 g/mol. The van der Waals surface area contributed by atoms with Crippen LogP contribution in [0, 0.1) is 0 Å². The Bertz CT molecular complexity index is 271. The van der Waals surface area contributed by atoms with E-state index in [1.165, 1.54) is 0 Å². The molecule has 18 heavy (non-hydrogen) atoms. The van der Waals surface area contributed by atoms with Crippen LogP contribution in [0.15, 0.2) is 0 Å². The monoisotopic (exact) mass is 302 g/mol. The first kappa shape index (κ1) is 20.7. The van der Waals surface area contributed by atoms with Gasteiger partial charge in [-0.1, -0.05) is 13.8 Å². The smallest absolute Gasteiger partial charge is 0.329 e. The van der Waals surface area contributed by atoms with Crippen molar-refractivity contribution in [3.05, 3.63) is 0 Å². The molecule has 0 N–H and O–H groups in total. The Hall–Kier alpha value is 0.340. The van der Waals surface area contributed by atoms with Gasteiger partial charge in [0.15, 0.2) is 7.37 Å². The predicted octanol–water partition coefficient (Wildman–Crippen LogP) is 4.22. The van der Waals surface area contributed by atoms with E-state index in [0.717, 1.165) is 0 Å². The minimum absolute atomic E-state index is 0.450. The maximum Gasteiger partial charge on any atom is 0.330 e. The summed E-state index contributed by atoms with van der Waals surface area (Å²) >= 11 is 0. The van der Waals surface area contributed by atoms with Gasteiger partial charge in [-0.2, -0.15) is 0 Å². The van der Waals surface area contributed by atoms with Crippen molar-refractivity contribution in [2.24, 2.45) is 0 Å². The van der Waals surface area contributed by atoms with Gasteiger partial charge >= 0.3 is 7.60 Å².